The number of hydrogen-bond donors (Lipinski definition) is 1. The molecule has 4 nitrogen and oxygen atoms in total. The van der Waals surface area contributed by atoms with Crippen molar-refractivity contribution >= 4 is 9.84 Å². The van der Waals surface area contributed by atoms with Crippen LogP contribution >= 0.6 is 0 Å². The van der Waals surface area contributed by atoms with Gasteiger partial charge in [0.25, 0.3) is 0 Å². The molecule has 0 spiro atoms. The molecule has 0 aromatic rings. The summed E-state index contributed by atoms with van der Waals surface area (Å²) < 4.78 is 21.9. The van der Waals surface area contributed by atoms with E-state index in [2.05, 4.69) is 6.92 Å². The summed E-state index contributed by atoms with van der Waals surface area (Å²) in [6, 6.07) is 0.488. The van der Waals surface area contributed by atoms with Crippen molar-refractivity contribution in [2.45, 2.75) is 32.4 Å². The van der Waals surface area contributed by atoms with E-state index in [0.29, 0.717) is 12.6 Å². The highest BCUT2D eigenvalue weighted by Gasteiger charge is 2.12. The molecule has 0 aliphatic rings. The first-order valence-electron chi connectivity index (χ1n) is 4.86. The average Bonchev–Trinajstić information content (AvgIpc) is 1.97. The third-order valence-electron chi connectivity index (χ3n) is 2.28. The van der Waals surface area contributed by atoms with Gasteiger partial charge in [-0.05, 0) is 27.3 Å². The lowest BCUT2D eigenvalue weighted by molar-refractivity contribution is 0.250. The summed E-state index contributed by atoms with van der Waals surface area (Å²) >= 11 is 0. The minimum Gasteiger partial charge on any atom is -0.328 e. The SMILES string of the molecule is CC(N)CC(C)N(C)CCS(C)(=O)=O. The highest BCUT2D eigenvalue weighted by molar-refractivity contribution is 7.90. The van der Waals surface area contributed by atoms with Crippen LogP contribution < -0.4 is 5.73 Å². The molecule has 0 aromatic carbocycles. The van der Waals surface area contributed by atoms with E-state index in [1.807, 2.05) is 18.9 Å². The Balaban J connectivity index is 3.90. The van der Waals surface area contributed by atoms with E-state index in [0.717, 1.165) is 6.42 Å². The minimum atomic E-state index is -2.85. The molecule has 5 heteroatoms. The Morgan fingerprint density at radius 2 is 1.86 bits per heavy atom. The van der Waals surface area contributed by atoms with Crippen molar-refractivity contribution in [3.8, 4) is 0 Å². The first kappa shape index (κ1) is 13.9. The van der Waals surface area contributed by atoms with E-state index in [1.165, 1.54) is 6.26 Å². The molecule has 14 heavy (non-hydrogen) atoms. The second-order valence-corrected chi connectivity index (χ2v) is 6.43. The van der Waals surface area contributed by atoms with Crippen molar-refractivity contribution < 1.29 is 8.42 Å². The van der Waals surface area contributed by atoms with Crippen LogP contribution in [0.4, 0.5) is 0 Å². The highest BCUT2D eigenvalue weighted by Crippen LogP contribution is 2.03. The quantitative estimate of drug-likeness (QED) is 0.692. The molecule has 0 amide bonds. The van der Waals surface area contributed by atoms with Crippen molar-refractivity contribution in [1.82, 2.24) is 4.90 Å². The molecule has 0 radical (unpaired) electrons. The lowest BCUT2D eigenvalue weighted by Crippen LogP contribution is -2.36. The smallest absolute Gasteiger partial charge is 0.148 e. The van der Waals surface area contributed by atoms with Gasteiger partial charge in [-0.1, -0.05) is 0 Å². The maximum atomic E-state index is 10.9. The third kappa shape index (κ3) is 7.29. The third-order valence-corrected chi connectivity index (χ3v) is 3.20. The molecule has 2 N–H and O–H groups in total. The van der Waals surface area contributed by atoms with E-state index in [4.69, 9.17) is 5.73 Å². The standard InChI is InChI=1S/C9H22N2O2S/c1-8(10)7-9(2)11(3)5-6-14(4,12)13/h8-9H,5-7,10H2,1-4H3. The van der Waals surface area contributed by atoms with Gasteiger partial charge in [-0.25, -0.2) is 8.42 Å². The van der Waals surface area contributed by atoms with Gasteiger partial charge in [0.15, 0.2) is 0 Å². The van der Waals surface area contributed by atoms with Crippen LogP contribution in [0.1, 0.15) is 20.3 Å². The van der Waals surface area contributed by atoms with E-state index >= 15 is 0 Å². The zero-order valence-electron chi connectivity index (χ0n) is 9.53. The Hall–Kier alpha value is -0.130. The molecule has 0 heterocycles. The monoisotopic (exact) mass is 222 g/mol. The van der Waals surface area contributed by atoms with E-state index in [9.17, 15) is 8.42 Å². The molecule has 0 fully saturated rings. The molecule has 2 unspecified atom stereocenters. The first-order valence-corrected chi connectivity index (χ1v) is 6.92. The zero-order chi connectivity index (χ0) is 11.4. The van der Waals surface area contributed by atoms with Crippen LogP contribution in [0.3, 0.4) is 0 Å². The molecule has 86 valence electrons. The predicted molar refractivity (Wildman–Crippen MR) is 60.1 cm³/mol. The maximum Gasteiger partial charge on any atom is 0.148 e. The van der Waals surface area contributed by atoms with Gasteiger partial charge in [-0.3, -0.25) is 0 Å². The Kier molecular flexibility index (Phi) is 5.63. The zero-order valence-corrected chi connectivity index (χ0v) is 10.3. The van der Waals surface area contributed by atoms with Gasteiger partial charge in [-0.2, -0.15) is 0 Å². The first-order chi connectivity index (χ1) is 6.22. The van der Waals surface area contributed by atoms with Crippen LogP contribution in [0.15, 0.2) is 0 Å². The number of hydrogen-bond acceptors (Lipinski definition) is 4. The van der Waals surface area contributed by atoms with Crippen molar-refractivity contribution in [2.24, 2.45) is 5.73 Å². The van der Waals surface area contributed by atoms with Crippen LogP contribution in [0.25, 0.3) is 0 Å². The Morgan fingerprint density at radius 3 is 2.21 bits per heavy atom. The van der Waals surface area contributed by atoms with Gasteiger partial charge in [0.05, 0.1) is 5.75 Å². The van der Waals surface area contributed by atoms with Gasteiger partial charge < -0.3 is 10.6 Å². The van der Waals surface area contributed by atoms with Gasteiger partial charge in [0, 0.05) is 24.9 Å². The topological polar surface area (TPSA) is 63.4 Å². The maximum absolute atomic E-state index is 10.9. The molecule has 0 aliphatic carbocycles. The van der Waals surface area contributed by atoms with Crippen molar-refractivity contribution in [2.75, 3.05) is 25.6 Å². The Bertz CT molecular complexity index is 250. The molecule has 0 saturated carbocycles. The molecule has 0 bridgehead atoms. The summed E-state index contributed by atoms with van der Waals surface area (Å²) in [5, 5.41) is 0. The molecule has 0 aromatic heterocycles. The largest absolute Gasteiger partial charge is 0.328 e. The van der Waals surface area contributed by atoms with Crippen molar-refractivity contribution in [3.63, 3.8) is 0 Å². The summed E-state index contributed by atoms with van der Waals surface area (Å²) in [7, 11) is -0.925. The molecular weight excluding hydrogens is 200 g/mol. The number of nitrogens with zero attached hydrogens (tertiary/aromatic N) is 1. The summed E-state index contributed by atoms with van der Waals surface area (Å²) in [6.45, 7) is 4.60. The molecule has 2 atom stereocenters. The van der Waals surface area contributed by atoms with E-state index in [1.54, 1.807) is 0 Å². The van der Waals surface area contributed by atoms with Crippen LogP contribution in [0.5, 0.6) is 0 Å². The Morgan fingerprint density at radius 1 is 1.36 bits per heavy atom. The van der Waals surface area contributed by atoms with Crippen LogP contribution in [-0.4, -0.2) is 51.0 Å². The second kappa shape index (κ2) is 5.68. The fourth-order valence-corrected chi connectivity index (χ4v) is 1.87. The van der Waals surface area contributed by atoms with Gasteiger partial charge in [0.2, 0.25) is 0 Å². The van der Waals surface area contributed by atoms with E-state index in [-0.39, 0.29) is 11.8 Å². The van der Waals surface area contributed by atoms with Crippen molar-refractivity contribution in [1.29, 1.82) is 0 Å². The lowest BCUT2D eigenvalue weighted by atomic mass is 10.1. The fourth-order valence-electron chi connectivity index (χ4n) is 1.25. The van der Waals surface area contributed by atoms with Crippen LogP contribution in [-0.2, 0) is 9.84 Å². The van der Waals surface area contributed by atoms with Crippen LogP contribution in [0, 0.1) is 0 Å². The second-order valence-electron chi connectivity index (χ2n) is 4.17. The van der Waals surface area contributed by atoms with E-state index < -0.39 is 9.84 Å². The summed E-state index contributed by atoms with van der Waals surface area (Å²) in [5.74, 6) is 0.215. The Labute approximate surface area is 87.4 Å². The summed E-state index contributed by atoms with van der Waals surface area (Å²) in [6.07, 6.45) is 2.15. The van der Waals surface area contributed by atoms with Crippen molar-refractivity contribution in [3.05, 3.63) is 0 Å². The minimum absolute atomic E-state index is 0.158. The summed E-state index contributed by atoms with van der Waals surface area (Å²) in [5.41, 5.74) is 5.67. The summed E-state index contributed by atoms with van der Waals surface area (Å²) in [4.78, 5) is 2.03. The average molecular weight is 222 g/mol. The predicted octanol–water partition coefficient (Wildman–Crippen LogP) is 0.0886. The number of rotatable bonds is 6. The molecule has 0 rings (SSSR count). The number of nitrogens with two attached hydrogens (primary N) is 1. The fraction of sp³-hybridized carbons (Fsp3) is 1.00. The van der Waals surface area contributed by atoms with Gasteiger partial charge in [-0.15, -0.1) is 0 Å². The van der Waals surface area contributed by atoms with Gasteiger partial charge in [0.1, 0.15) is 9.84 Å². The van der Waals surface area contributed by atoms with Gasteiger partial charge >= 0.3 is 0 Å². The highest BCUT2D eigenvalue weighted by atomic mass is 32.2. The van der Waals surface area contributed by atoms with Crippen LogP contribution in [0.2, 0.25) is 0 Å². The molecule has 0 aliphatic heterocycles. The molecule has 0 saturated heterocycles. The lowest BCUT2D eigenvalue weighted by Gasteiger charge is -2.25. The molecular formula is C9H22N2O2S. The number of sulfone groups is 1. The normalized spacial score (nSPS) is 17.0.